The molecule has 1 N–H and O–H groups in total. The molecular formula is C24H30N4O3. The lowest BCUT2D eigenvalue weighted by Crippen LogP contribution is -2.37. The van der Waals surface area contributed by atoms with Crippen LogP contribution in [0.1, 0.15) is 62.4 Å². The molecule has 5 rings (SSSR count). The number of rotatable bonds is 5. The highest BCUT2D eigenvalue weighted by atomic mass is 16.7. The summed E-state index contributed by atoms with van der Waals surface area (Å²) in [6, 6.07) is 5.82. The zero-order valence-electron chi connectivity index (χ0n) is 18.3. The van der Waals surface area contributed by atoms with Gasteiger partial charge in [-0.15, -0.1) is 0 Å². The molecule has 0 spiro atoms. The van der Waals surface area contributed by atoms with Crippen LogP contribution >= 0.6 is 0 Å². The number of benzene rings is 1. The fourth-order valence-corrected chi connectivity index (χ4v) is 4.86. The van der Waals surface area contributed by atoms with Gasteiger partial charge < -0.3 is 19.7 Å². The molecule has 1 amide bonds. The fraction of sp³-hybridized carbons (Fsp3) is 0.542. The van der Waals surface area contributed by atoms with Gasteiger partial charge in [-0.05, 0) is 55.2 Å². The van der Waals surface area contributed by atoms with Crippen LogP contribution in [0.15, 0.2) is 24.4 Å². The van der Waals surface area contributed by atoms with Crippen LogP contribution in [0, 0.1) is 5.41 Å². The van der Waals surface area contributed by atoms with Crippen LogP contribution < -0.4 is 19.7 Å². The number of nitrogens with one attached hydrogen (secondary N) is 1. The lowest BCUT2D eigenvalue weighted by molar-refractivity contribution is -0.122. The molecule has 1 atom stereocenters. The molecular weight excluding hydrogens is 392 g/mol. The molecule has 1 aromatic carbocycles. The van der Waals surface area contributed by atoms with Crippen molar-refractivity contribution in [3.8, 4) is 11.5 Å². The number of ether oxygens (including phenoxy) is 2. The van der Waals surface area contributed by atoms with Gasteiger partial charge in [0.15, 0.2) is 11.5 Å². The Morgan fingerprint density at radius 1 is 1.23 bits per heavy atom. The topological polar surface area (TPSA) is 76.6 Å². The van der Waals surface area contributed by atoms with E-state index in [1.807, 2.05) is 24.4 Å². The van der Waals surface area contributed by atoms with Crippen molar-refractivity contribution in [1.29, 1.82) is 0 Å². The molecule has 1 fully saturated rings. The fourth-order valence-electron chi connectivity index (χ4n) is 4.86. The van der Waals surface area contributed by atoms with Crippen molar-refractivity contribution in [1.82, 2.24) is 15.3 Å². The first-order valence-electron chi connectivity index (χ1n) is 11.3. The summed E-state index contributed by atoms with van der Waals surface area (Å²) in [7, 11) is 0. The van der Waals surface area contributed by atoms with Gasteiger partial charge in [-0.25, -0.2) is 9.97 Å². The van der Waals surface area contributed by atoms with Crippen LogP contribution in [0.2, 0.25) is 0 Å². The maximum absolute atomic E-state index is 12.8. The zero-order chi connectivity index (χ0) is 21.4. The summed E-state index contributed by atoms with van der Waals surface area (Å²) in [5, 5.41) is 3.25. The molecule has 1 saturated heterocycles. The van der Waals surface area contributed by atoms with Crippen LogP contribution in [-0.4, -0.2) is 35.8 Å². The second-order valence-corrected chi connectivity index (χ2v) is 9.62. The van der Waals surface area contributed by atoms with Crippen molar-refractivity contribution in [2.75, 3.05) is 24.8 Å². The standard InChI is InChI=1S/C24H30N4O3/c1-24(2)12-18(17-14-25-23(27-19(17)13-24)28-9-3-4-10-28)26-22(29)8-6-16-5-7-20-21(11-16)31-15-30-20/h5,7,11,14,18H,3-4,6,8-10,12-13,15H2,1-2H3,(H,26,29)/t18-/m1/s1. The summed E-state index contributed by atoms with van der Waals surface area (Å²) in [6.45, 7) is 6.82. The smallest absolute Gasteiger partial charge is 0.231 e. The number of fused-ring (bicyclic) bond motifs is 2. The van der Waals surface area contributed by atoms with Crippen LogP contribution in [0.4, 0.5) is 5.95 Å². The van der Waals surface area contributed by atoms with Crippen molar-refractivity contribution in [3.05, 3.63) is 41.2 Å². The lowest BCUT2D eigenvalue weighted by Gasteiger charge is -2.36. The molecule has 2 aromatic rings. The van der Waals surface area contributed by atoms with Crippen molar-refractivity contribution in [2.24, 2.45) is 5.41 Å². The first-order valence-corrected chi connectivity index (χ1v) is 11.3. The van der Waals surface area contributed by atoms with Gasteiger partial charge >= 0.3 is 0 Å². The second kappa shape index (κ2) is 8.02. The van der Waals surface area contributed by atoms with Crippen LogP contribution in [0.5, 0.6) is 11.5 Å². The van der Waals surface area contributed by atoms with E-state index in [-0.39, 0.29) is 24.2 Å². The van der Waals surface area contributed by atoms with E-state index in [4.69, 9.17) is 14.5 Å². The summed E-state index contributed by atoms with van der Waals surface area (Å²) in [6.07, 6.45) is 7.24. The van der Waals surface area contributed by atoms with Gasteiger partial charge in [0.05, 0.1) is 11.7 Å². The Morgan fingerprint density at radius 3 is 2.87 bits per heavy atom. The number of nitrogens with zero attached hydrogens (tertiary/aromatic N) is 3. The minimum absolute atomic E-state index is 0.0457. The number of anilines is 1. The number of hydrogen-bond donors (Lipinski definition) is 1. The second-order valence-electron chi connectivity index (χ2n) is 9.62. The van der Waals surface area contributed by atoms with E-state index in [1.54, 1.807) is 0 Å². The molecule has 1 aliphatic carbocycles. The Bertz CT molecular complexity index is 985. The number of carbonyl (C=O) groups excluding carboxylic acids is 1. The largest absolute Gasteiger partial charge is 0.454 e. The van der Waals surface area contributed by atoms with Crippen molar-refractivity contribution >= 4 is 11.9 Å². The Balaban J connectivity index is 1.27. The average Bonchev–Trinajstić information content (AvgIpc) is 3.42. The molecule has 3 heterocycles. The summed E-state index contributed by atoms with van der Waals surface area (Å²) < 4.78 is 10.8. The van der Waals surface area contributed by atoms with E-state index in [0.29, 0.717) is 12.8 Å². The van der Waals surface area contributed by atoms with Gasteiger partial charge in [-0.2, -0.15) is 0 Å². The maximum atomic E-state index is 12.8. The van der Waals surface area contributed by atoms with Gasteiger partial charge in [0, 0.05) is 31.3 Å². The third kappa shape index (κ3) is 4.31. The predicted molar refractivity (Wildman–Crippen MR) is 117 cm³/mol. The number of amides is 1. The molecule has 0 radical (unpaired) electrons. The van der Waals surface area contributed by atoms with Gasteiger partial charge in [0.25, 0.3) is 0 Å². The molecule has 0 saturated carbocycles. The first kappa shape index (κ1) is 20.1. The molecule has 31 heavy (non-hydrogen) atoms. The highest BCUT2D eigenvalue weighted by molar-refractivity contribution is 5.77. The molecule has 2 aliphatic heterocycles. The molecule has 0 unspecified atom stereocenters. The minimum Gasteiger partial charge on any atom is -0.454 e. The summed E-state index contributed by atoms with van der Waals surface area (Å²) in [5.41, 5.74) is 3.30. The third-order valence-electron chi connectivity index (χ3n) is 6.47. The molecule has 1 aromatic heterocycles. The maximum Gasteiger partial charge on any atom is 0.231 e. The van der Waals surface area contributed by atoms with Gasteiger partial charge in [0.2, 0.25) is 18.6 Å². The summed E-state index contributed by atoms with van der Waals surface area (Å²) in [4.78, 5) is 24.6. The van der Waals surface area contributed by atoms with Crippen LogP contribution in [0.3, 0.4) is 0 Å². The van der Waals surface area contributed by atoms with E-state index in [2.05, 4.69) is 29.0 Å². The van der Waals surface area contributed by atoms with Gasteiger partial charge in [-0.1, -0.05) is 19.9 Å². The normalized spacial score (nSPS) is 21.1. The molecule has 0 bridgehead atoms. The Hall–Kier alpha value is -2.83. The first-order chi connectivity index (χ1) is 15.0. The molecule has 164 valence electrons. The average molecular weight is 423 g/mol. The molecule has 7 heteroatoms. The summed E-state index contributed by atoms with van der Waals surface area (Å²) >= 11 is 0. The molecule has 7 nitrogen and oxygen atoms in total. The third-order valence-corrected chi connectivity index (χ3v) is 6.47. The van der Waals surface area contributed by atoms with E-state index in [0.717, 1.165) is 60.2 Å². The predicted octanol–water partition coefficient (Wildman–Crippen LogP) is 3.57. The summed E-state index contributed by atoms with van der Waals surface area (Å²) in [5.74, 6) is 2.41. The Morgan fingerprint density at radius 2 is 2.03 bits per heavy atom. The van der Waals surface area contributed by atoms with Crippen molar-refractivity contribution < 1.29 is 14.3 Å². The molecule has 3 aliphatic rings. The van der Waals surface area contributed by atoms with E-state index < -0.39 is 0 Å². The quantitative estimate of drug-likeness (QED) is 0.794. The van der Waals surface area contributed by atoms with Crippen LogP contribution in [0.25, 0.3) is 0 Å². The van der Waals surface area contributed by atoms with Crippen molar-refractivity contribution in [2.45, 2.75) is 58.4 Å². The van der Waals surface area contributed by atoms with Crippen molar-refractivity contribution in [3.63, 3.8) is 0 Å². The number of aromatic nitrogens is 2. The van der Waals surface area contributed by atoms with Crippen LogP contribution in [-0.2, 0) is 17.6 Å². The lowest BCUT2D eigenvalue weighted by atomic mass is 9.74. The highest BCUT2D eigenvalue weighted by Gasteiger charge is 2.35. The van der Waals surface area contributed by atoms with E-state index in [9.17, 15) is 4.79 Å². The monoisotopic (exact) mass is 422 g/mol. The highest BCUT2D eigenvalue weighted by Crippen LogP contribution is 2.40. The Kier molecular flexibility index (Phi) is 5.20. The number of aryl methyl sites for hydroxylation is 1. The van der Waals surface area contributed by atoms with E-state index in [1.165, 1.54) is 12.8 Å². The zero-order valence-corrected chi connectivity index (χ0v) is 18.3. The van der Waals surface area contributed by atoms with E-state index >= 15 is 0 Å². The number of carbonyl (C=O) groups is 1. The minimum atomic E-state index is -0.0457. The number of hydrogen-bond acceptors (Lipinski definition) is 6. The Labute approximate surface area is 183 Å². The SMILES string of the molecule is CC1(C)Cc2nc(N3CCCC3)ncc2[C@H](NC(=O)CCc2ccc3c(c2)OCO3)C1. The van der Waals surface area contributed by atoms with Gasteiger partial charge in [-0.3, -0.25) is 4.79 Å². The van der Waals surface area contributed by atoms with Gasteiger partial charge in [0.1, 0.15) is 0 Å².